The first-order valence-corrected chi connectivity index (χ1v) is 8.83. The zero-order chi connectivity index (χ0) is 14.8. The quantitative estimate of drug-likeness (QED) is 0.738. The molecule has 0 aliphatic carbocycles. The van der Waals surface area contributed by atoms with E-state index in [1.165, 1.54) is 12.1 Å². The fraction of sp³-hybridized carbons (Fsp3) is 0.0769. The van der Waals surface area contributed by atoms with Crippen LogP contribution in [0.1, 0.15) is 5.56 Å². The summed E-state index contributed by atoms with van der Waals surface area (Å²) in [7, 11) is -3.51. The van der Waals surface area contributed by atoms with Gasteiger partial charge in [0.05, 0.1) is 20.4 Å². The van der Waals surface area contributed by atoms with Gasteiger partial charge in [0, 0.05) is 0 Å². The van der Waals surface area contributed by atoms with Gasteiger partial charge in [-0.3, -0.25) is 4.72 Å². The van der Waals surface area contributed by atoms with Gasteiger partial charge in [-0.2, -0.15) is 0 Å². The van der Waals surface area contributed by atoms with Crippen LogP contribution in [0.4, 0.5) is 5.69 Å². The molecule has 0 heterocycles. The van der Waals surface area contributed by atoms with E-state index in [-0.39, 0.29) is 11.5 Å². The SMILES string of the molecule is O=S(=O)(Cc1ccccc1)Nc1cc(Br)c(O)c(Br)c1. The van der Waals surface area contributed by atoms with Crippen molar-refractivity contribution in [1.29, 1.82) is 0 Å². The lowest BCUT2D eigenvalue weighted by molar-refractivity contribution is 0.468. The molecule has 0 bridgehead atoms. The Kier molecular flexibility index (Phi) is 4.72. The Hall–Kier alpha value is -1.05. The second-order valence-corrected chi connectivity index (χ2v) is 7.57. The smallest absolute Gasteiger partial charge is 0.236 e. The van der Waals surface area contributed by atoms with Gasteiger partial charge < -0.3 is 5.11 Å². The molecule has 0 unspecified atom stereocenters. The van der Waals surface area contributed by atoms with Crippen molar-refractivity contribution in [1.82, 2.24) is 0 Å². The number of sulfonamides is 1. The minimum atomic E-state index is -3.51. The van der Waals surface area contributed by atoms with E-state index in [2.05, 4.69) is 36.6 Å². The van der Waals surface area contributed by atoms with Crippen LogP contribution in [-0.2, 0) is 15.8 Å². The molecule has 0 atom stereocenters. The highest BCUT2D eigenvalue weighted by molar-refractivity contribution is 9.11. The minimum Gasteiger partial charge on any atom is -0.506 e. The molecular weight excluding hydrogens is 410 g/mol. The number of phenolic OH excluding ortho intramolecular Hbond substituents is 1. The van der Waals surface area contributed by atoms with E-state index in [1.807, 2.05) is 6.07 Å². The van der Waals surface area contributed by atoms with Gasteiger partial charge in [-0.15, -0.1) is 0 Å². The van der Waals surface area contributed by atoms with Crippen LogP contribution in [0.3, 0.4) is 0 Å². The summed E-state index contributed by atoms with van der Waals surface area (Å²) in [5.41, 5.74) is 1.08. The minimum absolute atomic E-state index is 0.0241. The van der Waals surface area contributed by atoms with E-state index >= 15 is 0 Å². The summed E-state index contributed by atoms with van der Waals surface area (Å²) in [5.74, 6) is -0.0831. The zero-order valence-corrected chi connectivity index (χ0v) is 14.2. The molecule has 0 saturated carbocycles. The third-order valence-electron chi connectivity index (χ3n) is 2.49. The summed E-state index contributed by atoms with van der Waals surface area (Å²) < 4.78 is 27.4. The van der Waals surface area contributed by atoms with E-state index in [0.717, 1.165) is 0 Å². The molecule has 7 heteroatoms. The van der Waals surface area contributed by atoms with Gasteiger partial charge in [-0.1, -0.05) is 30.3 Å². The van der Waals surface area contributed by atoms with Crippen LogP contribution < -0.4 is 4.72 Å². The molecule has 106 valence electrons. The average Bonchev–Trinajstić information content (AvgIpc) is 2.36. The molecule has 0 radical (unpaired) electrons. The number of hydrogen-bond acceptors (Lipinski definition) is 3. The fourth-order valence-electron chi connectivity index (χ4n) is 1.63. The van der Waals surface area contributed by atoms with Gasteiger partial charge in [0.25, 0.3) is 0 Å². The first-order chi connectivity index (χ1) is 9.37. The molecule has 0 saturated heterocycles. The van der Waals surface area contributed by atoms with Crippen molar-refractivity contribution < 1.29 is 13.5 Å². The van der Waals surface area contributed by atoms with Gasteiger partial charge in [0.15, 0.2) is 0 Å². The van der Waals surface area contributed by atoms with Crippen LogP contribution in [0.15, 0.2) is 51.4 Å². The van der Waals surface area contributed by atoms with Gasteiger partial charge >= 0.3 is 0 Å². The van der Waals surface area contributed by atoms with Crippen LogP contribution in [-0.4, -0.2) is 13.5 Å². The maximum Gasteiger partial charge on any atom is 0.236 e. The Bertz CT molecular complexity index is 695. The Morgan fingerprint density at radius 3 is 2.15 bits per heavy atom. The lowest BCUT2D eigenvalue weighted by atomic mass is 10.2. The molecular formula is C13H11Br2NO3S. The van der Waals surface area contributed by atoms with Crippen LogP contribution in [0.25, 0.3) is 0 Å². The zero-order valence-electron chi connectivity index (χ0n) is 10.2. The molecule has 0 fully saturated rings. The Morgan fingerprint density at radius 2 is 1.60 bits per heavy atom. The van der Waals surface area contributed by atoms with E-state index in [1.54, 1.807) is 24.3 Å². The summed E-state index contributed by atoms with van der Waals surface area (Å²) in [4.78, 5) is 0. The van der Waals surface area contributed by atoms with Gasteiger partial charge in [0.1, 0.15) is 5.75 Å². The summed E-state index contributed by atoms with van der Waals surface area (Å²) in [6.45, 7) is 0. The summed E-state index contributed by atoms with van der Waals surface area (Å²) in [6, 6.07) is 11.9. The number of aromatic hydroxyl groups is 1. The molecule has 0 spiro atoms. The molecule has 0 aliphatic rings. The van der Waals surface area contributed by atoms with Crippen molar-refractivity contribution in [3.05, 3.63) is 57.0 Å². The molecule has 0 amide bonds. The number of benzene rings is 2. The maximum absolute atomic E-state index is 12.1. The maximum atomic E-state index is 12.1. The molecule has 0 aliphatic heterocycles. The fourth-order valence-corrected chi connectivity index (χ4v) is 4.00. The van der Waals surface area contributed by atoms with Crippen molar-refractivity contribution in [2.45, 2.75) is 5.75 Å². The number of nitrogens with one attached hydrogen (secondary N) is 1. The van der Waals surface area contributed by atoms with Crippen molar-refractivity contribution in [3.63, 3.8) is 0 Å². The molecule has 0 aromatic heterocycles. The van der Waals surface area contributed by atoms with Crippen molar-refractivity contribution >= 4 is 47.6 Å². The number of anilines is 1. The Balaban J connectivity index is 2.21. The van der Waals surface area contributed by atoms with Crippen LogP contribution >= 0.6 is 31.9 Å². The van der Waals surface area contributed by atoms with Crippen LogP contribution in [0.2, 0.25) is 0 Å². The second kappa shape index (κ2) is 6.15. The summed E-state index contributed by atoms with van der Waals surface area (Å²) in [5, 5.41) is 9.59. The summed E-state index contributed by atoms with van der Waals surface area (Å²) in [6.07, 6.45) is 0. The third-order valence-corrected chi connectivity index (χ3v) is 4.96. The largest absolute Gasteiger partial charge is 0.506 e. The van der Waals surface area contributed by atoms with Crippen LogP contribution in [0, 0.1) is 0 Å². The lowest BCUT2D eigenvalue weighted by Crippen LogP contribution is -2.15. The highest BCUT2D eigenvalue weighted by Gasteiger charge is 2.14. The molecule has 4 nitrogen and oxygen atoms in total. The van der Waals surface area contributed by atoms with Crippen molar-refractivity contribution in [3.8, 4) is 5.75 Å². The van der Waals surface area contributed by atoms with Crippen LogP contribution in [0.5, 0.6) is 5.75 Å². The Labute approximate surface area is 134 Å². The summed E-state index contributed by atoms with van der Waals surface area (Å²) >= 11 is 6.31. The van der Waals surface area contributed by atoms with Crippen molar-refractivity contribution in [2.24, 2.45) is 0 Å². The molecule has 2 aromatic rings. The first-order valence-electron chi connectivity index (χ1n) is 5.60. The number of hydrogen-bond donors (Lipinski definition) is 2. The van der Waals surface area contributed by atoms with Gasteiger partial charge in [-0.25, -0.2) is 8.42 Å². The predicted molar refractivity (Wildman–Crippen MR) is 86.2 cm³/mol. The van der Waals surface area contributed by atoms with E-state index in [0.29, 0.717) is 20.2 Å². The second-order valence-electron chi connectivity index (χ2n) is 4.14. The van der Waals surface area contributed by atoms with E-state index in [4.69, 9.17) is 0 Å². The van der Waals surface area contributed by atoms with Crippen molar-refractivity contribution in [2.75, 3.05) is 4.72 Å². The molecule has 2 rings (SSSR count). The molecule has 20 heavy (non-hydrogen) atoms. The van der Waals surface area contributed by atoms with E-state index in [9.17, 15) is 13.5 Å². The van der Waals surface area contributed by atoms with E-state index < -0.39 is 10.0 Å². The standard InChI is InChI=1S/C13H11Br2NO3S/c14-11-6-10(7-12(15)13(11)17)16-20(18,19)8-9-4-2-1-3-5-9/h1-7,16-17H,8H2. The predicted octanol–water partition coefficient (Wildman–Crippen LogP) is 3.86. The van der Waals surface area contributed by atoms with Gasteiger partial charge in [-0.05, 0) is 49.6 Å². The number of halogens is 2. The molecule has 2 aromatic carbocycles. The first kappa shape index (κ1) is 15.3. The topological polar surface area (TPSA) is 66.4 Å². The average molecular weight is 421 g/mol. The van der Waals surface area contributed by atoms with Gasteiger partial charge in [0.2, 0.25) is 10.0 Å². The monoisotopic (exact) mass is 419 g/mol. The third kappa shape index (κ3) is 3.97. The highest BCUT2D eigenvalue weighted by Crippen LogP contribution is 2.35. The number of phenols is 1. The molecule has 2 N–H and O–H groups in total. The number of rotatable bonds is 4. The Morgan fingerprint density at radius 1 is 1.05 bits per heavy atom. The lowest BCUT2D eigenvalue weighted by Gasteiger charge is -2.10. The normalized spacial score (nSPS) is 11.3. The highest BCUT2D eigenvalue weighted by atomic mass is 79.9.